The van der Waals surface area contributed by atoms with Crippen molar-refractivity contribution in [3.8, 4) is 0 Å². The fourth-order valence-electron chi connectivity index (χ4n) is 3.05. The van der Waals surface area contributed by atoms with Crippen LogP contribution in [0, 0.1) is 0 Å². The van der Waals surface area contributed by atoms with Crippen LogP contribution in [0.5, 0.6) is 0 Å². The zero-order valence-electron chi connectivity index (χ0n) is 20.9. The Morgan fingerprint density at radius 3 is 2.20 bits per heavy atom. The third kappa shape index (κ3) is 16.0. The summed E-state index contributed by atoms with van der Waals surface area (Å²) < 4.78 is 10.2. The van der Waals surface area contributed by atoms with Crippen molar-refractivity contribution in [2.24, 2.45) is 0 Å². The molecule has 196 valence electrons. The SMILES string of the molecule is CC(C)(C)OC(=O)NCCCCCC(=O)NCCCC[C@H](NC(=O)OCc1ccccc1)C(=O)O. The van der Waals surface area contributed by atoms with Crippen LogP contribution < -0.4 is 16.0 Å². The lowest BCUT2D eigenvalue weighted by Gasteiger charge is -2.19. The zero-order valence-corrected chi connectivity index (χ0v) is 20.9. The molecule has 35 heavy (non-hydrogen) atoms. The van der Waals surface area contributed by atoms with E-state index in [-0.39, 0.29) is 18.9 Å². The molecule has 0 heterocycles. The minimum Gasteiger partial charge on any atom is -0.480 e. The van der Waals surface area contributed by atoms with E-state index in [1.54, 1.807) is 32.9 Å². The molecular weight excluding hydrogens is 454 g/mol. The van der Waals surface area contributed by atoms with E-state index in [1.165, 1.54) is 0 Å². The molecule has 1 rings (SSSR count). The van der Waals surface area contributed by atoms with Gasteiger partial charge in [-0.2, -0.15) is 0 Å². The number of unbranched alkanes of at least 4 members (excludes halogenated alkanes) is 3. The van der Waals surface area contributed by atoms with Crippen LogP contribution in [0.3, 0.4) is 0 Å². The number of aliphatic carboxylic acids is 1. The van der Waals surface area contributed by atoms with Crippen LogP contribution in [-0.4, -0.2) is 53.9 Å². The molecule has 0 aliphatic carbocycles. The van der Waals surface area contributed by atoms with E-state index in [0.717, 1.165) is 18.4 Å². The maximum absolute atomic E-state index is 11.9. The van der Waals surface area contributed by atoms with E-state index < -0.39 is 29.8 Å². The maximum Gasteiger partial charge on any atom is 0.408 e. The largest absolute Gasteiger partial charge is 0.480 e. The highest BCUT2D eigenvalue weighted by Crippen LogP contribution is 2.07. The zero-order chi connectivity index (χ0) is 26.1. The van der Waals surface area contributed by atoms with Crippen molar-refractivity contribution in [1.82, 2.24) is 16.0 Å². The Kier molecular flexibility index (Phi) is 13.9. The number of rotatable bonds is 15. The van der Waals surface area contributed by atoms with E-state index in [2.05, 4.69) is 16.0 Å². The summed E-state index contributed by atoms with van der Waals surface area (Å²) in [6.45, 7) is 6.40. The van der Waals surface area contributed by atoms with E-state index in [1.807, 2.05) is 18.2 Å². The van der Waals surface area contributed by atoms with E-state index in [9.17, 15) is 24.3 Å². The highest BCUT2D eigenvalue weighted by atomic mass is 16.6. The average Bonchev–Trinajstić information content (AvgIpc) is 2.78. The molecule has 0 aromatic heterocycles. The second-order valence-electron chi connectivity index (χ2n) is 9.18. The summed E-state index contributed by atoms with van der Waals surface area (Å²) in [6, 6.07) is 8.05. The third-order valence-electron chi connectivity index (χ3n) is 4.79. The summed E-state index contributed by atoms with van der Waals surface area (Å²) in [4.78, 5) is 46.7. The Labute approximate surface area is 207 Å². The Hall–Kier alpha value is -3.30. The lowest BCUT2D eigenvalue weighted by atomic mass is 10.1. The molecule has 1 atom stereocenters. The van der Waals surface area contributed by atoms with Gasteiger partial charge in [0.1, 0.15) is 18.2 Å². The van der Waals surface area contributed by atoms with Crippen LogP contribution in [0.25, 0.3) is 0 Å². The van der Waals surface area contributed by atoms with E-state index >= 15 is 0 Å². The number of carboxylic acid groups (broad SMARTS) is 1. The van der Waals surface area contributed by atoms with E-state index in [4.69, 9.17) is 9.47 Å². The number of nitrogens with one attached hydrogen (secondary N) is 3. The molecule has 0 fully saturated rings. The van der Waals surface area contributed by atoms with Crippen molar-refractivity contribution in [3.05, 3.63) is 35.9 Å². The third-order valence-corrected chi connectivity index (χ3v) is 4.79. The molecule has 1 aromatic carbocycles. The molecule has 0 spiro atoms. The molecule has 0 saturated heterocycles. The molecule has 4 N–H and O–H groups in total. The lowest BCUT2D eigenvalue weighted by Crippen LogP contribution is -2.41. The highest BCUT2D eigenvalue weighted by molar-refractivity contribution is 5.79. The van der Waals surface area contributed by atoms with Crippen molar-refractivity contribution in [2.75, 3.05) is 13.1 Å². The normalized spacial score (nSPS) is 11.7. The van der Waals surface area contributed by atoms with Crippen LogP contribution in [0.2, 0.25) is 0 Å². The summed E-state index contributed by atoms with van der Waals surface area (Å²) >= 11 is 0. The highest BCUT2D eigenvalue weighted by Gasteiger charge is 2.20. The first-order valence-corrected chi connectivity index (χ1v) is 12.0. The number of ether oxygens (including phenoxy) is 2. The van der Waals surface area contributed by atoms with Crippen LogP contribution >= 0.6 is 0 Å². The number of alkyl carbamates (subject to hydrolysis) is 2. The number of carbonyl (C=O) groups is 4. The maximum atomic E-state index is 11.9. The van der Waals surface area contributed by atoms with Gasteiger partial charge in [0.2, 0.25) is 5.91 Å². The lowest BCUT2D eigenvalue weighted by molar-refractivity contribution is -0.139. The summed E-state index contributed by atoms with van der Waals surface area (Å²) in [5.41, 5.74) is 0.282. The molecule has 0 saturated carbocycles. The minimum absolute atomic E-state index is 0.0608. The summed E-state index contributed by atoms with van der Waals surface area (Å²) in [7, 11) is 0. The van der Waals surface area contributed by atoms with Gasteiger partial charge in [-0.15, -0.1) is 0 Å². The van der Waals surface area contributed by atoms with Gasteiger partial charge in [-0.05, 0) is 58.4 Å². The van der Waals surface area contributed by atoms with Gasteiger partial charge in [0.05, 0.1) is 0 Å². The Morgan fingerprint density at radius 1 is 0.886 bits per heavy atom. The van der Waals surface area contributed by atoms with Gasteiger partial charge >= 0.3 is 18.2 Å². The van der Waals surface area contributed by atoms with Crippen LogP contribution in [0.4, 0.5) is 9.59 Å². The second kappa shape index (κ2) is 16.3. The molecule has 10 heteroatoms. The fraction of sp³-hybridized carbons (Fsp3) is 0.600. The molecule has 10 nitrogen and oxygen atoms in total. The van der Waals surface area contributed by atoms with Gasteiger partial charge in [0, 0.05) is 19.5 Å². The quantitative estimate of drug-likeness (QED) is 0.273. The van der Waals surface area contributed by atoms with Crippen LogP contribution in [0.1, 0.15) is 71.3 Å². The molecule has 0 aliphatic rings. The average molecular weight is 494 g/mol. The molecule has 0 aliphatic heterocycles. The van der Waals surface area contributed by atoms with Crippen LogP contribution in [0.15, 0.2) is 30.3 Å². The topological polar surface area (TPSA) is 143 Å². The van der Waals surface area contributed by atoms with Crippen LogP contribution in [-0.2, 0) is 25.7 Å². The first kappa shape index (κ1) is 29.7. The number of hydrogen-bond donors (Lipinski definition) is 4. The van der Waals surface area contributed by atoms with Crippen molar-refractivity contribution in [1.29, 1.82) is 0 Å². The van der Waals surface area contributed by atoms with Crippen molar-refractivity contribution >= 4 is 24.1 Å². The number of carbonyl (C=O) groups excluding carboxylic acids is 3. The number of hydrogen-bond acceptors (Lipinski definition) is 6. The first-order chi connectivity index (χ1) is 16.6. The van der Waals surface area contributed by atoms with Gasteiger partial charge in [0.15, 0.2) is 0 Å². The Bertz CT molecular complexity index is 794. The molecule has 0 radical (unpaired) electrons. The second-order valence-corrected chi connectivity index (χ2v) is 9.18. The molecule has 3 amide bonds. The summed E-state index contributed by atoms with van der Waals surface area (Å²) in [5.74, 6) is -1.20. The van der Waals surface area contributed by atoms with Crippen molar-refractivity contribution < 1.29 is 33.8 Å². The number of benzene rings is 1. The predicted molar refractivity (Wildman–Crippen MR) is 131 cm³/mol. The molecule has 0 unspecified atom stereocenters. The first-order valence-electron chi connectivity index (χ1n) is 12.0. The fourth-order valence-corrected chi connectivity index (χ4v) is 3.05. The van der Waals surface area contributed by atoms with Gasteiger partial charge < -0.3 is 30.5 Å². The Morgan fingerprint density at radius 2 is 1.54 bits per heavy atom. The smallest absolute Gasteiger partial charge is 0.408 e. The summed E-state index contributed by atoms with van der Waals surface area (Å²) in [6.07, 6.45) is 2.77. The number of amides is 3. The van der Waals surface area contributed by atoms with E-state index in [0.29, 0.717) is 38.8 Å². The van der Waals surface area contributed by atoms with Gasteiger partial charge in [-0.1, -0.05) is 36.8 Å². The van der Waals surface area contributed by atoms with Gasteiger partial charge in [-0.3, -0.25) is 4.79 Å². The predicted octanol–water partition coefficient (Wildman–Crippen LogP) is 3.74. The number of carboxylic acids is 1. The molecule has 1 aromatic rings. The summed E-state index contributed by atoms with van der Waals surface area (Å²) in [5, 5.41) is 17.2. The molecule has 0 bridgehead atoms. The molecular formula is C25H39N3O7. The standard InChI is InChI=1S/C25H39N3O7/c1-25(2,3)35-23(32)27-17-10-5-8-15-21(29)26-16-11-9-14-20(22(30)31)28-24(33)34-18-19-12-6-4-7-13-19/h4,6-7,12-13,20H,5,8-11,14-18H2,1-3H3,(H,26,29)(H,27,32)(H,28,33)(H,30,31)/t20-/m0/s1. The minimum atomic E-state index is -1.13. The monoisotopic (exact) mass is 493 g/mol. The van der Waals surface area contributed by atoms with Crippen molar-refractivity contribution in [2.45, 2.75) is 84.0 Å². The van der Waals surface area contributed by atoms with Gasteiger partial charge in [0.25, 0.3) is 0 Å². The Balaban J connectivity index is 2.08. The van der Waals surface area contributed by atoms with Crippen molar-refractivity contribution in [3.63, 3.8) is 0 Å². The van der Waals surface area contributed by atoms with Gasteiger partial charge in [-0.25, -0.2) is 14.4 Å².